The summed E-state index contributed by atoms with van der Waals surface area (Å²) in [5.74, 6) is -5.37. The van der Waals surface area contributed by atoms with Crippen LogP contribution in [0.3, 0.4) is 0 Å². The number of rotatable bonds is 5. The number of carbonyl (C=O) groups excluding carboxylic acids is 4. The van der Waals surface area contributed by atoms with E-state index in [1.807, 2.05) is 0 Å². The fraction of sp³-hybridized carbons (Fsp3) is 0.444. The number of hydrogen-bond donors (Lipinski definition) is 0. The molecule has 1 saturated heterocycles. The van der Waals surface area contributed by atoms with Crippen LogP contribution in [0.2, 0.25) is 0 Å². The summed E-state index contributed by atoms with van der Waals surface area (Å²) >= 11 is 0. The molecule has 2 atom stereocenters. The number of nitrogens with zero attached hydrogens (tertiary/aromatic N) is 1. The summed E-state index contributed by atoms with van der Waals surface area (Å²) in [6.07, 6.45) is 3.02. The Morgan fingerprint density at radius 1 is 1.04 bits per heavy atom. The lowest BCUT2D eigenvalue weighted by atomic mass is 9.81. The Morgan fingerprint density at radius 2 is 1.65 bits per heavy atom. The van der Waals surface area contributed by atoms with Crippen molar-refractivity contribution >= 4 is 23.6 Å². The van der Waals surface area contributed by atoms with Gasteiger partial charge in [0.15, 0.2) is 24.0 Å². The third kappa shape index (κ3) is 3.49. The topological polar surface area (TPSA) is 80.8 Å². The Hall–Kier alpha value is -2.64. The Kier molecular flexibility index (Phi) is 5.11. The first-order valence-corrected chi connectivity index (χ1v) is 8.37. The van der Waals surface area contributed by atoms with Crippen molar-refractivity contribution in [3.8, 4) is 0 Å². The highest BCUT2D eigenvalue weighted by molar-refractivity contribution is 6.07. The highest BCUT2D eigenvalue weighted by Crippen LogP contribution is 2.37. The SMILES string of the molecule is O=C(CN1C(=O)[C@H]2CCCC[C@H]2C1=O)OCC(=O)c1ccc(F)c(F)c1. The molecule has 1 heterocycles. The molecule has 0 unspecified atom stereocenters. The van der Waals surface area contributed by atoms with Gasteiger partial charge in [-0.05, 0) is 31.0 Å². The third-order valence-electron chi connectivity index (χ3n) is 4.83. The van der Waals surface area contributed by atoms with Crippen molar-refractivity contribution in [2.75, 3.05) is 13.2 Å². The van der Waals surface area contributed by atoms with Crippen LogP contribution in [0.15, 0.2) is 18.2 Å². The molecule has 1 aromatic carbocycles. The maximum Gasteiger partial charge on any atom is 0.326 e. The molecular weight excluding hydrogens is 348 g/mol. The van der Waals surface area contributed by atoms with Crippen LogP contribution >= 0.6 is 0 Å². The first-order chi connectivity index (χ1) is 12.4. The van der Waals surface area contributed by atoms with E-state index in [4.69, 9.17) is 4.74 Å². The van der Waals surface area contributed by atoms with Crippen LogP contribution in [0.1, 0.15) is 36.0 Å². The number of halogens is 2. The Labute approximate surface area is 148 Å². The van der Waals surface area contributed by atoms with E-state index < -0.39 is 36.5 Å². The van der Waals surface area contributed by atoms with Gasteiger partial charge in [-0.25, -0.2) is 8.78 Å². The number of amides is 2. The van der Waals surface area contributed by atoms with Gasteiger partial charge in [-0.1, -0.05) is 12.8 Å². The van der Waals surface area contributed by atoms with Crippen LogP contribution in [0.4, 0.5) is 8.78 Å². The number of benzene rings is 1. The molecule has 0 radical (unpaired) electrons. The van der Waals surface area contributed by atoms with Gasteiger partial charge in [-0.3, -0.25) is 24.1 Å². The van der Waals surface area contributed by atoms with Gasteiger partial charge in [0.2, 0.25) is 11.8 Å². The number of likely N-dealkylation sites (tertiary alicyclic amines) is 1. The van der Waals surface area contributed by atoms with Gasteiger partial charge < -0.3 is 4.74 Å². The molecule has 2 fully saturated rings. The van der Waals surface area contributed by atoms with Gasteiger partial charge >= 0.3 is 5.97 Å². The average molecular weight is 365 g/mol. The number of Topliss-reactive ketones (excluding diaryl/α,β-unsaturated/α-hetero) is 1. The number of imide groups is 1. The molecular formula is C18H17F2NO5. The molecule has 1 aliphatic heterocycles. The summed E-state index contributed by atoms with van der Waals surface area (Å²) in [6, 6.07) is 2.59. The molecule has 0 aromatic heterocycles. The van der Waals surface area contributed by atoms with Crippen molar-refractivity contribution in [2.24, 2.45) is 11.8 Å². The molecule has 1 aliphatic carbocycles. The second kappa shape index (κ2) is 7.31. The van der Waals surface area contributed by atoms with Gasteiger partial charge in [0.05, 0.1) is 11.8 Å². The predicted molar refractivity (Wildman–Crippen MR) is 83.8 cm³/mol. The lowest BCUT2D eigenvalue weighted by Gasteiger charge is -2.19. The van der Waals surface area contributed by atoms with Crippen LogP contribution in [0, 0.1) is 23.5 Å². The largest absolute Gasteiger partial charge is 0.456 e. The maximum atomic E-state index is 13.1. The first-order valence-electron chi connectivity index (χ1n) is 8.37. The molecule has 3 rings (SSSR count). The highest BCUT2D eigenvalue weighted by Gasteiger charge is 2.48. The van der Waals surface area contributed by atoms with Crippen molar-refractivity contribution in [1.29, 1.82) is 0 Å². The fourth-order valence-corrected chi connectivity index (χ4v) is 3.46. The number of esters is 1. The number of ether oxygens (including phenoxy) is 1. The van der Waals surface area contributed by atoms with Crippen molar-refractivity contribution < 1.29 is 32.7 Å². The van der Waals surface area contributed by atoms with E-state index in [0.717, 1.165) is 29.9 Å². The summed E-state index contributed by atoms with van der Waals surface area (Å²) < 4.78 is 30.8. The van der Waals surface area contributed by atoms with E-state index in [0.29, 0.717) is 18.9 Å². The minimum Gasteiger partial charge on any atom is -0.456 e. The third-order valence-corrected chi connectivity index (χ3v) is 4.83. The Bertz CT molecular complexity index is 755. The predicted octanol–water partition coefficient (Wildman–Crippen LogP) is 1.87. The van der Waals surface area contributed by atoms with Gasteiger partial charge in [-0.2, -0.15) is 0 Å². The van der Waals surface area contributed by atoms with Crippen LogP contribution in [-0.4, -0.2) is 41.6 Å². The molecule has 1 saturated carbocycles. The average Bonchev–Trinajstić information content (AvgIpc) is 2.87. The van der Waals surface area contributed by atoms with Crippen molar-refractivity contribution in [3.05, 3.63) is 35.4 Å². The molecule has 0 N–H and O–H groups in total. The number of carbonyl (C=O) groups is 4. The zero-order valence-corrected chi connectivity index (χ0v) is 13.9. The monoisotopic (exact) mass is 365 g/mol. The lowest BCUT2D eigenvalue weighted by molar-refractivity contribution is -0.152. The van der Waals surface area contributed by atoms with E-state index in [1.165, 1.54) is 0 Å². The highest BCUT2D eigenvalue weighted by atomic mass is 19.2. The molecule has 0 spiro atoms. The molecule has 2 aliphatic rings. The Morgan fingerprint density at radius 3 is 2.23 bits per heavy atom. The summed E-state index contributed by atoms with van der Waals surface area (Å²) in [4.78, 5) is 49.2. The molecule has 26 heavy (non-hydrogen) atoms. The zero-order valence-electron chi connectivity index (χ0n) is 13.9. The van der Waals surface area contributed by atoms with E-state index in [9.17, 15) is 28.0 Å². The minimum atomic E-state index is -1.18. The fourth-order valence-electron chi connectivity index (χ4n) is 3.46. The van der Waals surface area contributed by atoms with Crippen molar-refractivity contribution in [1.82, 2.24) is 4.90 Å². The lowest BCUT2D eigenvalue weighted by Crippen LogP contribution is -2.37. The van der Waals surface area contributed by atoms with Gasteiger partial charge in [-0.15, -0.1) is 0 Å². The molecule has 1 aromatic rings. The van der Waals surface area contributed by atoms with Gasteiger partial charge in [0, 0.05) is 5.56 Å². The van der Waals surface area contributed by atoms with Gasteiger partial charge in [0.25, 0.3) is 0 Å². The summed E-state index contributed by atoms with van der Waals surface area (Å²) in [7, 11) is 0. The second-order valence-corrected chi connectivity index (χ2v) is 6.47. The molecule has 0 bridgehead atoms. The maximum absolute atomic E-state index is 13.1. The van der Waals surface area contributed by atoms with Crippen LogP contribution in [-0.2, 0) is 19.1 Å². The van der Waals surface area contributed by atoms with Gasteiger partial charge in [0.1, 0.15) is 6.54 Å². The first kappa shape index (κ1) is 18.2. The summed E-state index contributed by atoms with van der Waals surface area (Å²) in [5.41, 5.74) is -0.143. The normalized spacial score (nSPS) is 22.3. The van der Waals surface area contributed by atoms with Crippen molar-refractivity contribution in [3.63, 3.8) is 0 Å². The smallest absolute Gasteiger partial charge is 0.326 e. The quantitative estimate of drug-likeness (QED) is 0.452. The standard InChI is InChI=1S/C18H17F2NO5/c19-13-6-5-10(7-14(13)20)15(22)9-26-16(23)8-21-17(24)11-3-1-2-4-12(11)18(21)25/h5-7,11-12H,1-4,8-9H2/t11-,12+. The molecule has 138 valence electrons. The molecule has 6 nitrogen and oxygen atoms in total. The number of fused-ring (bicyclic) bond motifs is 1. The van der Waals surface area contributed by atoms with E-state index in [-0.39, 0.29) is 29.2 Å². The Balaban J connectivity index is 1.55. The van der Waals surface area contributed by atoms with E-state index >= 15 is 0 Å². The number of hydrogen-bond acceptors (Lipinski definition) is 5. The zero-order chi connectivity index (χ0) is 18.8. The van der Waals surface area contributed by atoms with E-state index in [2.05, 4.69) is 0 Å². The van der Waals surface area contributed by atoms with Crippen LogP contribution < -0.4 is 0 Å². The summed E-state index contributed by atoms with van der Waals surface area (Å²) in [6.45, 7) is -1.23. The molecule has 8 heteroatoms. The number of ketones is 1. The van der Waals surface area contributed by atoms with Crippen molar-refractivity contribution in [2.45, 2.75) is 25.7 Å². The van der Waals surface area contributed by atoms with E-state index in [1.54, 1.807) is 0 Å². The second-order valence-electron chi connectivity index (χ2n) is 6.47. The summed E-state index contributed by atoms with van der Waals surface area (Å²) in [5, 5.41) is 0. The van der Waals surface area contributed by atoms with Crippen LogP contribution in [0.25, 0.3) is 0 Å². The molecule has 2 amide bonds. The minimum absolute atomic E-state index is 0.143. The van der Waals surface area contributed by atoms with Crippen LogP contribution in [0.5, 0.6) is 0 Å².